The lowest BCUT2D eigenvalue weighted by Gasteiger charge is -2.12. The number of carbonyl (C=O) groups is 3. The van der Waals surface area contributed by atoms with Crippen LogP contribution in [0.15, 0.2) is 48.5 Å². The van der Waals surface area contributed by atoms with Crippen molar-refractivity contribution in [2.24, 2.45) is 0 Å². The van der Waals surface area contributed by atoms with Crippen molar-refractivity contribution in [2.45, 2.75) is 58.8 Å². The molecule has 9 heteroatoms. The van der Waals surface area contributed by atoms with Gasteiger partial charge in [-0.2, -0.15) is 0 Å². The second-order valence-electron chi connectivity index (χ2n) is 8.02. The molecule has 4 N–H and O–H groups in total. The third-order valence-corrected chi connectivity index (χ3v) is 5.26. The highest BCUT2D eigenvalue weighted by atomic mass is 32.1. The lowest BCUT2D eigenvalue weighted by atomic mass is 10.2. The van der Waals surface area contributed by atoms with Gasteiger partial charge >= 0.3 is 0 Å². The van der Waals surface area contributed by atoms with Gasteiger partial charge in [-0.15, -0.1) is 0 Å². The molecule has 0 radical (unpaired) electrons. The maximum atomic E-state index is 12.4. The summed E-state index contributed by atoms with van der Waals surface area (Å²) in [7, 11) is 0. The Balaban J connectivity index is 1.73. The van der Waals surface area contributed by atoms with Crippen molar-refractivity contribution in [2.75, 3.05) is 11.9 Å². The molecule has 0 unspecified atom stereocenters. The molecule has 2 aromatic carbocycles. The molecule has 0 aromatic heterocycles. The molecule has 0 saturated carbocycles. The van der Waals surface area contributed by atoms with Crippen LogP contribution in [-0.2, 0) is 4.79 Å². The number of nitrogens with one attached hydrogen (secondary N) is 4. The van der Waals surface area contributed by atoms with Crippen LogP contribution in [-0.4, -0.2) is 29.4 Å². The highest BCUT2D eigenvalue weighted by Crippen LogP contribution is 2.13. The van der Waals surface area contributed by atoms with E-state index >= 15 is 0 Å². The topological polar surface area (TPSA) is 109 Å². The second-order valence-corrected chi connectivity index (χ2v) is 8.43. The van der Waals surface area contributed by atoms with Crippen LogP contribution in [0.2, 0.25) is 0 Å². The smallest absolute Gasteiger partial charge is 0.269 e. The molecule has 0 fully saturated rings. The summed E-state index contributed by atoms with van der Waals surface area (Å²) in [5, 5.41) is 5.23. The van der Waals surface area contributed by atoms with Crippen LogP contribution < -0.4 is 26.2 Å². The Morgan fingerprint density at radius 3 is 2.06 bits per heavy atom. The molecule has 188 valence electrons. The Morgan fingerprint density at radius 2 is 1.40 bits per heavy atom. The number of hydrogen-bond acceptors (Lipinski definition) is 5. The van der Waals surface area contributed by atoms with Crippen LogP contribution in [0.5, 0.6) is 5.75 Å². The zero-order valence-corrected chi connectivity index (χ0v) is 21.1. The number of unbranched alkanes of at least 4 members (excludes halogenated alkanes) is 4. The van der Waals surface area contributed by atoms with Crippen LogP contribution in [0.1, 0.15) is 79.5 Å². The summed E-state index contributed by atoms with van der Waals surface area (Å²) in [6, 6.07) is 13.2. The number of carbonyl (C=O) groups excluding carboxylic acids is 3. The van der Waals surface area contributed by atoms with Crippen LogP contribution in [0, 0.1) is 0 Å². The van der Waals surface area contributed by atoms with E-state index in [-0.39, 0.29) is 11.0 Å². The van der Waals surface area contributed by atoms with E-state index in [0.29, 0.717) is 35.6 Å². The normalized spacial score (nSPS) is 10.2. The Kier molecular flexibility index (Phi) is 12.3. The minimum Gasteiger partial charge on any atom is -0.494 e. The number of hydrazine groups is 1. The van der Waals surface area contributed by atoms with Crippen LogP contribution in [0.25, 0.3) is 0 Å². The van der Waals surface area contributed by atoms with Crippen molar-refractivity contribution < 1.29 is 19.1 Å². The van der Waals surface area contributed by atoms with E-state index in [2.05, 4.69) is 28.4 Å². The SMILES string of the molecule is CCCCCCCOc1ccc(C(=O)NC(=S)NNC(=O)c2ccc(NC(=O)CCC)cc2)cc1. The van der Waals surface area contributed by atoms with Gasteiger partial charge in [0, 0.05) is 23.2 Å². The number of hydrogen-bond donors (Lipinski definition) is 4. The van der Waals surface area contributed by atoms with E-state index in [9.17, 15) is 14.4 Å². The van der Waals surface area contributed by atoms with E-state index in [4.69, 9.17) is 17.0 Å². The van der Waals surface area contributed by atoms with E-state index in [0.717, 1.165) is 19.3 Å². The van der Waals surface area contributed by atoms with Crippen molar-refractivity contribution in [3.05, 3.63) is 59.7 Å². The average Bonchev–Trinajstić information content (AvgIpc) is 2.85. The van der Waals surface area contributed by atoms with Crippen LogP contribution in [0.3, 0.4) is 0 Å². The predicted octanol–water partition coefficient (Wildman–Crippen LogP) is 4.72. The summed E-state index contributed by atoms with van der Waals surface area (Å²) >= 11 is 5.09. The second kappa shape index (κ2) is 15.4. The highest BCUT2D eigenvalue weighted by Gasteiger charge is 2.10. The van der Waals surface area contributed by atoms with Gasteiger partial charge in [-0.05, 0) is 73.6 Å². The molecule has 2 rings (SSSR count). The fourth-order valence-electron chi connectivity index (χ4n) is 3.15. The monoisotopic (exact) mass is 498 g/mol. The first kappa shape index (κ1) is 27.8. The molecule has 0 bridgehead atoms. The van der Waals surface area contributed by atoms with Gasteiger partial charge in [0.1, 0.15) is 5.75 Å². The molecule has 0 saturated heterocycles. The van der Waals surface area contributed by atoms with Crippen molar-refractivity contribution >= 4 is 40.7 Å². The predicted molar refractivity (Wildman–Crippen MR) is 141 cm³/mol. The van der Waals surface area contributed by atoms with E-state index in [1.165, 1.54) is 19.3 Å². The first-order valence-electron chi connectivity index (χ1n) is 12.0. The summed E-state index contributed by atoms with van der Waals surface area (Å²) in [4.78, 5) is 36.3. The molecular weight excluding hydrogens is 464 g/mol. The molecule has 2 aromatic rings. The number of ether oxygens (including phenoxy) is 1. The summed E-state index contributed by atoms with van der Waals surface area (Å²) in [5.74, 6) is -0.215. The molecular formula is C26H34N4O4S. The first-order valence-corrected chi connectivity index (χ1v) is 12.4. The summed E-state index contributed by atoms with van der Waals surface area (Å²) in [5.41, 5.74) is 6.33. The van der Waals surface area contributed by atoms with Gasteiger partial charge in [0.2, 0.25) is 5.91 Å². The minimum atomic E-state index is -0.441. The van der Waals surface area contributed by atoms with E-state index in [1.54, 1.807) is 48.5 Å². The average molecular weight is 499 g/mol. The zero-order valence-electron chi connectivity index (χ0n) is 20.3. The standard InChI is InChI=1S/C26H34N4O4S/c1-3-5-6-7-8-18-34-22-16-12-19(13-17-22)24(32)28-26(35)30-29-25(33)20-10-14-21(15-11-20)27-23(31)9-4-2/h10-17H,3-9,18H2,1-2H3,(H,27,31)(H,29,33)(H2,28,30,32,35). The lowest BCUT2D eigenvalue weighted by Crippen LogP contribution is -2.48. The summed E-state index contributed by atoms with van der Waals surface area (Å²) in [6.45, 7) is 4.76. The summed E-state index contributed by atoms with van der Waals surface area (Å²) in [6.07, 6.45) is 7.03. The molecule has 0 heterocycles. The summed E-state index contributed by atoms with van der Waals surface area (Å²) < 4.78 is 5.71. The Labute approximate surface area is 212 Å². The Bertz CT molecular complexity index is 978. The highest BCUT2D eigenvalue weighted by molar-refractivity contribution is 7.80. The van der Waals surface area contributed by atoms with E-state index < -0.39 is 11.8 Å². The fourth-order valence-corrected chi connectivity index (χ4v) is 3.29. The largest absolute Gasteiger partial charge is 0.494 e. The van der Waals surface area contributed by atoms with Gasteiger partial charge in [-0.25, -0.2) is 0 Å². The van der Waals surface area contributed by atoms with Gasteiger partial charge < -0.3 is 10.1 Å². The van der Waals surface area contributed by atoms with E-state index in [1.807, 2.05) is 6.92 Å². The molecule has 0 aliphatic rings. The van der Waals surface area contributed by atoms with Crippen LogP contribution in [0.4, 0.5) is 5.69 Å². The third kappa shape index (κ3) is 10.6. The third-order valence-electron chi connectivity index (χ3n) is 5.06. The van der Waals surface area contributed by atoms with Crippen molar-refractivity contribution in [3.63, 3.8) is 0 Å². The van der Waals surface area contributed by atoms with Gasteiger partial charge in [-0.1, -0.05) is 39.5 Å². The molecule has 0 atom stereocenters. The number of thiocarbonyl (C=S) groups is 1. The van der Waals surface area contributed by atoms with Crippen LogP contribution >= 0.6 is 12.2 Å². The number of rotatable bonds is 12. The first-order chi connectivity index (χ1) is 16.9. The number of anilines is 1. The molecule has 3 amide bonds. The van der Waals surface area contributed by atoms with Crippen molar-refractivity contribution in [3.8, 4) is 5.75 Å². The van der Waals surface area contributed by atoms with Gasteiger partial charge in [-0.3, -0.25) is 30.6 Å². The van der Waals surface area contributed by atoms with Gasteiger partial charge in [0.25, 0.3) is 11.8 Å². The zero-order chi connectivity index (χ0) is 25.5. The maximum Gasteiger partial charge on any atom is 0.269 e. The molecule has 8 nitrogen and oxygen atoms in total. The molecule has 35 heavy (non-hydrogen) atoms. The van der Waals surface area contributed by atoms with Gasteiger partial charge in [0.05, 0.1) is 6.61 Å². The molecule has 0 aliphatic carbocycles. The number of amides is 3. The Morgan fingerprint density at radius 1 is 0.771 bits per heavy atom. The number of benzene rings is 2. The van der Waals surface area contributed by atoms with Crippen molar-refractivity contribution in [1.82, 2.24) is 16.2 Å². The van der Waals surface area contributed by atoms with Gasteiger partial charge in [0.15, 0.2) is 5.11 Å². The molecule has 0 spiro atoms. The Hall–Kier alpha value is -3.46. The molecule has 0 aliphatic heterocycles. The minimum absolute atomic E-state index is 0.0424. The van der Waals surface area contributed by atoms with Crippen molar-refractivity contribution in [1.29, 1.82) is 0 Å². The maximum absolute atomic E-state index is 12.4. The lowest BCUT2D eigenvalue weighted by molar-refractivity contribution is -0.116. The fraction of sp³-hybridized carbons (Fsp3) is 0.385. The quantitative estimate of drug-likeness (QED) is 0.192.